The zero-order valence-electron chi connectivity index (χ0n) is 10.4. The fourth-order valence-corrected chi connectivity index (χ4v) is 2.67. The van der Waals surface area contributed by atoms with Crippen LogP contribution in [0.2, 0.25) is 0 Å². The van der Waals surface area contributed by atoms with Gasteiger partial charge in [-0.25, -0.2) is 0 Å². The molecule has 0 saturated carbocycles. The molecule has 16 heavy (non-hydrogen) atoms. The predicted octanol–water partition coefficient (Wildman–Crippen LogP) is 1.39. The molecule has 2 heterocycles. The van der Waals surface area contributed by atoms with Crippen molar-refractivity contribution in [1.29, 1.82) is 0 Å². The second-order valence-electron chi connectivity index (χ2n) is 4.80. The molecule has 0 aliphatic carbocycles. The highest BCUT2D eigenvalue weighted by Gasteiger charge is 2.35. The first-order valence-electron chi connectivity index (χ1n) is 6.18. The number of hydrogen-bond donors (Lipinski definition) is 1. The van der Waals surface area contributed by atoms with E-state index in [-0.39, 0.29) is 6.04 Å². The van der Waals surface area contributed by atoms with Crippen LogP contribution in [0.3, 0.4) is 0 Å². The van der Waals surface area contributed by atoms with E-state index in [1.165, 1.54) is 5.69 Å². The van der Waals surface area contributed by atoms with Gasteiger partial charge in [0.05, 0.1) is 11.7 Å². The van der Waals surface area contributed by atoms with Crippen molar-refractivity contribution in [3.8, 4) is 0 Å². The molecule has 90 valence electrons. The number of nitrogens with two attached hydrogens (primary N) is 1. The summed E-state index contributed by atoms with van der Waals surface area (Å²) in [6.07, 6.45) is 2.96. The Morgan fingerprint density at radius 3 is 2.94 bits per heavy atom. The van der Waals surface area contributed by atoms with Gasteiger partial charge in [0.1, 0.15) is 0 Å². The monoisotopic (exact) mass is 222 g/mol. The van der Waals surface area contributed by atoms with Crippen molar-refractivity contribution in [3.63, 3.8) is 0 Å². The summed E-state index contributed by atoms with van der Waals surface area (Å²) in [5.41, 5.74) is 7.50. The molecule has 1 aliphatic rings. The molecule has 2 atom stereocenters. The molecule has 4 heteroatoms. The lowest BCUT2D eigenvalue weighted by atomic mass is 10.1. The van der Waals surface area contributed by atoms with Crippen LogP contribution >= 0.6 is 0 Å². The molecule has 0 radical (unpaired) electrons. The highest BCUT2D eigenvalue weighted by Crippen LogP contribution is 2.32. The molecule has 0 unspecified atom stereocenters. The van der Waals surface area contributed by atoms with Crippen molar-refractivity contribution in [2.24, 2.45) is 5.73 Å². The number of aromatic nitrogens is 2. The number of aryl methyl sites for hydroxylation is 1. The van der Waals surface area contributed by atoms with Crippen LogP contribution in [0.4, 0.5) is 0 Å². The molecular weight excluding hydrogens is 200 g/mol. The average Bonchev–Trinajstić information content (AvgIpc) is 2.82. The molecule has 4 nitrogen and oxygen atoms in total. The molecule has 2 rings (SSSR count). The van der Waals surface area contributed by atoms with Gasteiger partial charge in [-0.15, -0.1) is 0 Å². The van der Waals surface area contributed by atoms with Crippen LogP contribution in [0.1, 0.15) is 38.9 Å². The third kappa shape index (κ3) is 1.87. The van der Waals surface area contributed by atoms with E-state index in [1.54, 1.807) is 0 Å². The summed E-state index contributed by atoms with van der Waals surface area (Å²) in [6, 6.07) is 3.22. The minimum atomic E-state index is 0.240. The zero-order chi connectivity index (χ0) is 11.7. The smallest absolute Gasteiger partial charge is 0.0673 e. The first kappa shape index (κ1) is 11.6. The minimum absolute atomic E-state index is 0.240. The Morgan fingerprint density at radius 1 is 1.56 bits per heavy atom. The second kappa shape index (κ2) is 4.55. The number of likely N-dealkylation sites (tertiary alicyclic amines) is 1. The molecule has 2 N–H and O–H groups in total. The fourth-order valence-electron chi connectivity index (χ4n) is 2.67. The maximum Gasteiger partial charge on any atom is 0.0673 e. The maximum absolute atomic E-state index is 6.24. The Labute approximate surface area is 97.4 Å². The standard InChI is InChI=1S/C12H22N4/c1-4-16-11(5-7-14-16)12-10(13)6-8-15(12)9(2)3/h5,7,9-10,12H,4,6,8,13H2,1-3H3/t10-,12-/m0/s1. The van der Waals surface area contributed by atoms with Crippen molar-refractivity contribution < 1.29 is 0 Å². The first-order chi connectivity index (χ1) is 7.65. The summed E-state index contributed by atoms with van der Waals surface area (Å²) >= 11 is 0. The molecule has 0 amide bonds. The van der Waals surface area contributed by atoms with Crippen molar-refractivity contribution in [2.75, 3.05) is 6.54 Å². The molecule has 0 aromatic carbocycles. The van der Waals surface area contributed by atoms with Crippen LogP contribution in [-0.4, -0.2) is 33.3 Å². The van der Waals surface area contributed by atoms with Gasteiger partial charge in [0.25, 0.3) is 0 Å². The Morgan fingerprint density at radius 2 is 2.31 bits per heavy atom. The van der Waals surface area contributed by atoms with Crippen molar-refractivity contribution in [1.82, 2.24) is 14.7 Å². The lowest BCUT2D eigenvalue weighted by Gasteiger charge is -2.30. The predicted molar refractivity (Wildman–Crippen MR) is 65.1 cm³/mol. The second-order valence-corrected chi connectivity index (χ2v) is 4.80. The fraction of sp³-hybridized carbons (Fsp3) is 0.750. The van der Waals surface area contributed by atoms with Crippen LogP contribution in [0.25, 0.3) is 0 Å². The molecule has 1 aromatic rings. The van der Waals surface area contributed by atoms with Crippen LogP contribution < -0.4 is 5.73 Å². The number of nitrogens with zero attached hydrogens (tertiary/aromatic N) is 3. The minimum Gasteiger partial charge on any atom is -0.326 e. The van der Waals surface area contributed by atoms with E-state index >= 15 is 0 Å². The van der Waals surface area contributed by atoms with Crippen molar-refractivity contribution in [3.05, 3.63) is 18.0 Å². The van der Waals surface area contributed by atoms with E-state index < -0.39 is 0 Å². The van der Waals surface area contributed by atoms with Gasteiger partial charge in [0.2, 0.25) is 0 Å². The Bertz CT molecular complexity index is 345. The van der Waals surface area contributed by atoms with Crippen molar-refractivity contribution >= 4 is 0 Å². The largest absolute Gasteiger partial charge is 0.326 e. The highest BCUT2D eigenvalue weighted by atomic mass is 15.3. The van der Waals surface area contributed by atoms with Gasteiger partial charge in [-0.05, 0) is 33.3 Å². The number of rotatable bonds is 3. The van der Waals surface area contributed by atoms with E-state index in [1.807, 2.05) is 6.20 Å². The molecule has 0 spiro atoms. The summed E-state index contributed by atoms with van der Waals surface area (Å²) in [7, 11) is 0. The van der Waals surface area contributed by atoms with Gasteiger partial charge in [0, 0.05) is 31.4 Å². The van der Waals surface area contributed by atoms with Crippen LogP contribution in [-0.2, 0) is 6.54 Å². The van der Waals surface area contributed by atoms with Crippen LogP contribution in [0.15, 0.2) is 12.3 Å². The average molecular weight is 222 g/mol. The van der Waals surface area contributed by atoms with Crippen LogP contribution in [0, 0.1) is 0 Å². The molecule has 0 bridgehead atoms. The highest BCUT2D eigenvalue weighted by molar-refractivity contribution is 5.13. The number of hydrogen-bond acceptors (Lipinski definition) is 3. The molecule has 1 aliphatic heterocycles. The van der Waals surface area contributed by atoms with Gasteiger partial charge >= 0.3 is 0 Å². The quantitative estimate of drug-likeness (QED) is 0.840. The summed E-state index contributed by atoms with van der Waals surface area (Å²) in [5, 5.41) is 4.34. The summed E-state index contributed by atoms with van der Waals surface area (Å²) in [6.45, 7) is 8.60. The summed E-state index contributed by atoms with van der Waals surface area (Å²) in [5.74, 6) is 0. The van der Waals surface area contributed by atoms with Gasteiger partial charge in [0.15, 0.2) is 0 Å². The first-order valence-corrected chi connectivity index (χ1v) is 6.18. The van der Waals surface area contributed by atoms with Gasteiger partial charge < -0.3 is 5.73 Å². The summed E-state index contributed by atoms with van der Waals surface area (Å²) < 4.78 is 2.06. The molecule has 1 fully saturated rings. The van der Waals surface area contributed by atoms with E-state index in [4.69, 9.17) is 5.73 Å². The Balaban J connectivity index is 2.30. The van der Waals surface area contributed by atoms with Crippen molar-refractivity contribution in [2.45, 2.75) is 51.9 Å². The SMILES string of the molecule is CCn1nccc1[C@@H]1[C@@H](N)CCN1C(C)C. The van der Waals surface area contributed by atoms with E-state index in [0.29, 0.717) is 12.1 Å². The topological polar surface area (TPSA) is 47.1 Å². The summed E-state index contributed by atoms with van der Waals surface area (Å²) in [4.78, 5) is 2.48. The Kier molecular flexibility index (Phi) is 3.30. The molecule has 1 aromatic heterocycles. The maximum atomic E-state index is 6.24. The van der Waals surface area contributed by atoms with Crippen LogP contribution in [0.5, 0.6) is 0 Å². The normalized spacial score (nSPS) is 26.8. The van der Waals surface area contributed by atoms with Gasteiger partial charge in [-0.3, -0.25) is 9.58 Å². The molecule has 1 saturated heterocycles. The zero-order valence-corrected chi connectivity index (χ0v) is 10.4. The van der Waals surface area contributed by atoms with E-state index in [2.05, 4.69) is 41.5 Å². The molecular formula is C12H22N4. The third-order valence-electron chi connectivity index (χ3n) is 3.50. The lowest BCUT2D eigenvalue weighted by molar-refractivity contribution is 0.190. The lowest BCUT2D eigenvalue weighted by Crippen LogP contribution is -2.37. The van der Waals surface area contributed by atoms with E-state index in [0.717, 1.165) is 19.5 Å². The third-order valence-corrected chi connectivity index (χ3v) is 3.50. The Hall–Kier alpha value is -0.870. The van der Waals surface area contributed by atoms with Gasteiger partial charge in [-0.1, -0.05) is 0 Å². The van der Waals surface area contributed by atoms with E-state index in [9.17, 15) is 0 Å². The van der Waals surface area contributed by atoms with Gasteiger partial charge in [-0.2, -0.15) is 5.10 Å².